The van der Waals surface area contributed by atoms with Crippen LogP contribution in [0.2, 0.25) is 0 Å². The molecule has 35 heavy (non-hydrogen) atoms. The number of pyridine rings is 3. The molecular formula is C26H23N7OS. The Kier molecular flexibility index (Phi) is 5.48. The molecule has 0 unspecified atom stereocenters. The van der Waals surface area contributed by atoms with Crippen LogP contribution in [0, 0.1) is 0 Å². The number of nitrogens with zero attached hydrogens (tertiary/aromatic N) is 5. The van der Waals surface area contributed by atoms with Crippen LogP contribution in [0.1, 0.15) is 0 Å². The molecule has 0 aromatic carbocycles. The van der Waals surface area contributed by atoms with E-state index in [1.807, 2.05) is 44.9 Å². The smallest absolute Gasteiger partial charge is 0.155 e. The molecule has 0 saturated heterocycles. The average molecular weight is 482 g/mol. The molecule has 0 aliphatic carbocycles. The van der Waals surface area contributed by atoms with Gasteiger partial charge in [0.1, 0.15) is 18.1 Å². The molecule has 0 radical (unpaired) electrons. The van der Waals surface area contributed by atoms with Gasteiger partial charge in [-0.1, -0.05) is 0 Å². The van der Waals surface area contributed by atoms with Gasteiger partial charge in [0.15, 0.2) is 5.65 Å². The summed E-state index contributed by atoms with van der Waals surface area (Å²) in [6, 6.07) is 8.33. The van der Waals surface area contributed by atoms with Crippen molar-refractivity contribution in [2.75, 3.05) is 27.2 Å². The van der Waals surface area contributed by atoms with Crippen molar-refractivity contribution < 1.29 is 4.74 Å². The topological polar surface area (TPSA) is 95.6 Å². The third-order valence-electron chi connectivity index (χ3n) is 5.90. The molecule has 6 aromatic heterocycles. The van der Waals surface area contributed by atoms with Gasteiger partial charge in [-0.2, -0.15) is 16.4 Å². The number of hydrogen-bond acceptors (Lipinski definition) is 7. The number of ether oxygens (including phenoxy) is 1. The largest absolute Gasteiger partial charge is 0.491 e. The number of aromatic amines is 2. The zero-order chi connectivity index (χ0) is 23.8. The molecule has 0 fully saturated rings. The Hall–Kier alpha value is -4.08. The summed E-state index contributed by atoms with van der Waals surface area (Å²) < 4.78 is 5.87. The first kappa shape index (κ1) is 21.5. The number of fused-ring (bicyclic) bond motifs is 2. The Morgan fingerprint density at radius 2 is 1.83 bits per heavy atom. The Morgan fingerprint density at radius 3 is 2.69 bits per heavy atom. The van der Waals surface area contributed by atoms with E-state index in [1.54, 1.807) is 17.5 Å². The number of nitrogens with one attached hydrogen (secondary N) is 2. The lowest BCUT2D eigenvalue weighted by atomic mass is 10.1. The summed E-state index contributed by atoms with van der Waals surface area (Å²) in [6.07, 6.45) is 9.14. The van der Waals surface area contributed by atoms with Crippen LogP contribution in [-0.2, 0) is 0 Å². The minimum atomic E-state index is 0.601. The van der Waals surface area contributed by atoms with E-state index in [0.717, 1.165) is 67.9 Å². The molecule has 0 spiro atoms. The lowest BCUT2D eigenvalue weighted by Gasteiger charge is -2.11. The highest BCUT2D eigenvalue weighted by Crippen LogP contribution is 2.35. The van der Waals surface area contributed by atoms with Crippen LogP contribution in [0.3, 0.4) is 0 Å². The fourth-order valence-corrected chi connectivity index (χ4v) is 4.75. The van der Waals surface area contributed by atoms with E-state index < -0.39 is 0 Å². The summed E-state index contributed by atoms with van der Waals surface area (Å²) in [6.45, 7) is 1.44. The summed E-state index contributed by atoms with van der Waals surface area (Å²) in [7, 11) is 4.04. The van der Waals surface area contributed by atoms with Gasteiger partial charge in [0, 0.05) is 52.6 Å². The summed E-state index contributed by atoms with van der Waals surface area (Å²) in [5.41, 5.74) is 7.57. The van der Waals surface area contributed by atoms with Gasteiger partial charge in [0.05, 0.1) is 23.6 Å². The summed E-state index contributed by atoms with van der Waals surface area (Å²) in [4.78, 5) is 19.0. The van der Waals surface area contributed by atoms with Crippen molar-refractivity contribution in [1.82, 2.24) is 35.0 Å². The van der Waals surface area contributed by atoms with Gasteiger partial charge in [-0.15, -0.1) is 0 Å². The molecule has 8 nitrogen and oxygen atoms in total. The lowest BCUT2D eigenvalue weighted by molar-refractivity contribution is 0.261. The van der Waals surface area contributed by atoms with E-state index in [-0.39, 0.29) is 0 Å². The Morgan fingerprint density at radius 1 is 0.943 bits per heavy atom. The summed E-state index contributed by atoms with van der Waals surface area (Å²) >= 11 is 1.68. The first-order valence-corrected chi connectivity index (χ1v) is 12.2. The van der Waals surface area contributed by atoms with Crippen LogP contribution in [0.25, 0.3) is 55.6 Å². The van der Waals surface area contributed by atoms with Gasteiger partial charge < -0.3 is 14.6 Å². The Labute approximate surface area is 205 Å². The van der Waals surface area contributed by atoms with Crippen LogP contribution in [0.4, 0.5) is 0 Å². The van der Waals surface area contributed by atoms with Crippen LogP contribution in [0.15, 0.2) is 66.0 Å². The maximum atomic E-state index is 5.87. The van der Waals surface area contributed by atoms with E-state index >= 15 is 0 Å². The van der Waals surface area contributed by atoms with Crippen LogP contribution in [-0.4, -0.2) is 62.3 Å². The molecule has 6 heterocycles. The number of thiophene rings is 1. The van der Waals surface area contributed by atoms with E-state index in [1.165, 1.54) is 0 Å². The van der Waals surface area contributed by atoms with E-state index in [0.29, 0.717) is 6.61 Å². The van der Waals surface area contributed by atoms with Crippen molar-refractivity contribution in [2.24, 2.45) is 0 Å². The molecular weight excluding hydrogens is 458 g/mol. The molecule has 0 saturated carbocycles. The third kappa shape index (κ3) is 4.16. The molecule has 0 aliphatic heterocycles. The number of H-pyrrole nitrogens is 2. The second-order valence-electron chi connectivity index (χ2n) is 8.60. The van der Waals surface area contributed by atoms with Crippen molar-refractivity contribution in [2.45, 2.75) is 0 Å². The van der Waals surface area contributed by atoms with Crippen LogP contribution >= 0.6 is 11.3 Å². The van der Waals surface area contributed by atoms with Crippen LogP contribution < -0.4 is 4.74 Å². The van der Waals surface area contributed by atoms with Gasteiger partial charge in [-0.3, -0.25) is 15.1 Å². The predicted molar refractivity (Wildman–Crippen MR) is 140 cm³/mol. The van der Waals surface area contributed by atoms with E-state index in [2.05, 4.69) is 64.0 Å². The normalized spacial score (nSPS) is 11.6. The van der Waals surface area contributed by atoms with Crippen molar-refractivity contribution in [1.29, 1.82) is 0 Å². The number of likely N-dealkylation sites (N-methyl/N-ethyl adjacent to an activating group) is 1. The van der Waals surface area contributed by atoms with Crippen molar-refractivity contribution >= 4 is 33.3 Å². The van der Waals surface area contributed by atoms with E-state index in [9.17, 15) is 0 Å². The molecule has 0 amide bonds. The monoisotopic (exact) mass is 481 g/mol. The molecule has 0 aliphatic rings. The molecule has 9 heteroatoms. The maximum absolute atomic E-state index is 5.87. The van der Waals surface area contributed by atoms with Gasteiger partial charge >= 0.3 is 0 Å². The highest BCUT2D eigenvalue weighted by Gasteiger charge is 2.15. The minimum Gasteiger partial charge on any atom is -0.491 e. The first-order chi connectivity index (χ1) is 17.2. The average Bonchev–Trinajstić information content (AvgIpc) is 3.62. The van der Waals surface area contributed by atoms with Gasteiger partial charge in [0.2, 0.25) is 0 Å². The van der Waals surface area contributed by atoms with Crippen molar-refractivity contribution in [3.8, 4) is 39.4 Å². The quantitative estimate of drug-likeness (QED) is 0.324. The van der Waals surface area contributed by atoms with Gasteiger partial charge in [-0.25, -0.2) is 4.98 Å². The molecule has 0 bridgehead atoms. The summed E-state index contributed by atoms with van der Waals surface area (Å²) in [5.74, 6) is 0.737. The second-order valence-corrected chi connectivity index (χ2v) is 9.38. The summed E-state index contributed by atoms with van der Waals surface area (Å²) in [5, 5.41) is 13.9. The standard InChI is InChI=1S/C26H23N7OS/c1-33(2)4-5-34-19-7-17(10-27-12-19)18-8-21-25(31-32-26(21)29-11-18)23-9-20-22(16-3-6-35-15-16)13-28-14-24(20)30-23/h3,6-15,30H,4-5H2,1-2H3,(H,29,31,32). The van der Waals surface area contributed by atoms with E-state index in [4.69, 9.17) is 4.74 Å². The highest BCUT2D eigenvalue weighted by atomic mass is 32.1. The van der Waals surface area contributed by atoms with Gasteiger partial charge in [-0.05, 0) is 54.7 Å². The SMILES string of the molecule is CN(C)CCOc1cncc(-c2cnc3[nH]nc(-c4cc5c(-c6ccsc6)cncc5[nH]4)c3c2)c1. The molecule has 6 aromatic rings. The van der Waals surface area contributed by atoms with Gasteiger partial charge in [0.25, 0.3) is 0 Å². The molecule has 6 rings (SSSR count). The lowest BCUT2D eigenvalue weighted by Crippen LogP contribution is -2.19. The van der Waals surface area contributed by atoms with Crippen molar-refractivity contribution in [3.05, 3.63) is 66.0 Å². The highest BCUT2D eigenvalue weighted by molar-refractivity contribution is 7.08. The van der Waals surface area contributed by atoms with Crippen LogP contribution in [0.5, 0.6) is 5.75 Å². The minimum absolute atomic E-state index is 0.601. The first-order valence-electron chi connectivity index (χ1n) is 11.2. The number of rotatable bonds is 7. The third-order valence-corrected chi connectivity index (χ3v) is 6.59. The number of aromatic nitrogens is 6. The number of hydrogen-bond donors (Lipinski definition) is 2. The van der Waals surface area contributed by atoms with Crippen molar-refractivity contribution in [3.63, 3.8) is 0 Å². The zero-order valence-electron chi connectivity index (χ0n) is 19.3. The molecule has 0 atom stereocenters. The Balaban J connectivity index is 1.38. The predicted octanol–water partition coefficient (Wildman–Crippen LogP) is 5.23. The fraction of sp³-hybridized carbons (Fsp3) is 0.154. The Bertz CT molecular complexity index is 1620. The molecule has 2 N–H and O–H groups in total. The second kappa shape index (κ2) is 8.94. The zero-order valence-corrected chi connectivity index (χ0v) is 20.1. The molecule has 174 valence electrons. The fourth-order valence-electron chi connectivity index (χ4n) is 4.09. The maximum Gasteiger partial charge on any atom is 0.155 e.